The van der Waals surface area contributed by atoms with Crippen LogP contribution in [0.3, 0.4) is 0 Å². The number of benzene rings is 2. The van der Waals surface area contributed by atoms with Gasteiger partial charge in [-0.15, -0.1) is 24.8 Å². The van der Waals surface area contributed by atoms with E-state index in [1.54, 1.807) is 44.9 Å². The Kier molecular flexibility index (Phi) is 40.1. The SMILES string of the molecule is CC(C)(C)OC(=O)N1CCC(C)(C(=O)O)CC1.CNC(=O)C1(C)CCN(C(=O)OC(C)(C)C)CC1.CNC(=O)C1(C)CCN(CCOc2ccccc2C(F)(F)F)CC1.CNC(=O)C1(C)CCNCC1.C[NH3+].Cl.Cl.FC(F)(F)c1ccccc1OCCBr.[Cl-]. The van der Waals surface area contributed by atoms with Crippen LogP contribution < -0.4 is 48.9 Å². The van der Waals surface area contributed by atoms with Crippen molar-refractivity contribution >= 4 is 76.6 Å². The number of piperidine rings is 4. The number of quaternary nitrogens is 1. The number of hydrogen-bond acceptors (Lipinski definition) is 12. The molecule has 0 spiro atoms. The van der Waals surface area contributed by atoms with E-state index < -0.39 is 46.1 Å². The topological polar surface area (TPSA) is 245 Å². The van der Waals surface area contributed by atoms with Gasteiger partial charge in [-0.3, -0.25) is 24.1 Å². The molecule has 4 aliphatic rings. The molecular weight excluding hydrogens is 1310 g/mol. The maximum absolute atomic E-state index is 12.9. The fourth-order valence-electron chi connectivity index (χ4n) is 9.15. The maximum atomic E-state index is 12.9. The Morgan fingerprint density at radius 2 is 0.854 bits per heavy atom. The first-order valence-corrected chi connectivity index (χ1v) is 30.1. The number of ether oxygens (including phenoxy) is 4. The lowest BCUT2D eigenvalue weighted by Gasteiger charge is -2.38. The van der Waals surface area contributed by atoms with Crippen LogP contribution in [0.5, 0.6) is 11.5 Å². The van der Waals surface area contributed by atoms with E-state index in [2.05, 4.69) is 47.8 Å². The van der Waals surface area contributed by atoms with Crippen molar-refractivity contribution in [3.63, 3.8) is 0 Å². The summed E-state index contributed by atoms with van der Waals surface area (Å²) in [7, 11) is 6.73. The van der Waals surface area contributed by atoms with Gasteiger partial charge in [0.1, 0.15) is 29.3 Å². The number of aliphatic carboxylic acids is 1. The van der Waals surface area contributed by atoms with Gasteiger partial charge in [0, 0.05) is 75.4 Å². The summed E-state index contributed by atoms with van der Waals surface area (Å²) in [4.78, 5) is 75.0. The zero-order chi connectivity index (χ0) is 66.0. The molecule has 0 aliphatic carbocycles. The summed E-state index contributed by atoms with van der Waals surface area (Å²) in [5, 5.41) is 20.9. The third-order valence-corrected chi connectivity index (χ3v) is 15.3. The van der Waals surface area contributed by atoms with E-state index in [-0.39, 0.29) is 108 Å². The molecule has 0 radical (unpaired) electrons. The van der Waals surface area contributed by atoms with Gasteiger partial charge in [-0.25, -0.2) is 9.59 Å². The Hall–Kier alpha value is -4.73. The molecule has 2 aromatic rings. The summed E-state index contributed by atoms with van der Waals surface area (Å²) in [6.07, 6.45) is -3.77. The molecule has 0 unspecified atom stereocenters. The monoisotopic (exact) mass is 1410 g/mol. The van der Waals surface area contributed by atoms with Crippen LogP contribution in [0.25, 0.3) is 0 Å². The lowest BCUT2D eigenvalue weighted by molar-refractivity contribution is -0.325. The quantitative estimate of drug-likeness (QED) is 0.0971. The van der Waals surface area contributed by atoms with Crippen molar-refractivity contribution in [3.8, 4) is 11.5 Å². The van der Waals surface area contributed by atoms with Crippen LogP contribution in [0.15, 0.2) is 48.5 Å². The molecule has 8 N–H and O–H groups in total. The number of para-hydroxylation sites is 2. The second kappa shape index (κ2) is 40.3. The number of carboxylic acid groups (broad SMARTS) is 1. The van der Waals surface area contributed by atoms with Crippen molar-refractivity contribution < 1.29 is 97.3 Å². The van der Waals surface area contributed by atoms with Gasteiger partial charge in [0.15, 0.2) is 0 Å². The average Bonchev–Trinajstić information content (AvgIpc) is 3.39. The number of nitrogens with one attached hydrogen (secondary N) is 4. The lowest BCUT2D eigenvalue weighted by atomic mass is 9.79. The highest BCUT2D eigenvalue weighted by Gasteiger charge is 2.42. The molecule has 6 rings (SSSR count). The average molecular weight is 1410 g/mol. The van der Waals surface area contributed by atoms with Gasteiger partial charge in [0.05, 0.1) is 30.2 Å². The summed E-state index contributed by atoms with van der Waals surface area (Å²) in [6, 6.07) is 10.4. The van der Waals surface area contributed by atoms with E-state index in [0.717, 1.165) is 64.0 Å². The van der Waals surface area contributed by atoms with Crippen LogP contribution in [0.4, 0.5) is 35.9 Å². The number of nitrogens with zero attached hydrogens (tertiary/aromatic N) is 3. The van der Waals surface area contributed by atoms with E-state index in [1.807, 2.05) is 62.3 Å². The molecule has 29 heteroatoms. The van der Waals surface area contributed by atoms with Crippen molar-refractivity contribution in [2.24, 2.45) is 21.7 Å². The van der Waals surface area contributed by atoms with E-state index in [0.29, 0.717) is 63.7 Å². The highest BCUT2D eigenvalue weighted by atomic mass is 79.9. The largest absolute Gasteiger partial charge is 1.00 e. The number of halogens is 10. The minimum atomic E-state index is -4.42. The number of carbonyl (C=O) groups is 6. The van der Waals surface area contributed by atoms with Crippen molar-refractivity contribution in [1.82, 2.24) is 36.0 Å². The Balaban J connectivity index is -0.00000104. The molecule has 89 heavy (non-hydrogen) atoms. The Labute approximate surface area is 549 Å². The molecule has 19 nitrogen and oxygen atoms in total. The van der Waals surface area contributed by atoms with E-state index in [9.17, 15) is 55.1 Å². The number of carboxylic acids is 1. The lowest BCUT2D eigenvalue weighted by Crippen LogP contribution is -3.00. The standard InChI is InChI=1S/C17H23F3N2O2.C13H24N2O3.C12H21NO4.C9H8BrF3O.C8H16N2O.CH5N.3ClH/c1-16(15(23)21-2)7-9-22(10-8-16)11-12-24-14-6-4-3-5-13(14)17(18,19)20;1-12(2,3)18-11(17)15-8-6-13(4,7-9-15)10(16)14-5;1-11(2,3)17-10(16)13-7-5-12(4,6-8-13)9(14)15;10-5-6-14-8-4-2-1-3-7(8)9(11,12)13;1-8(7(11)9-2)3-5-10-6-4-8;1-2;;;/h3-6H,7-12H2,1-2H3,(H,21,23);6-9H2,1-5H3,(H,14,16);5-8H2,1-4H3,(H,14,15);1-4H,5-6H2;10H,3-6H2,1-2H3,(H,9,11);2H2,1H3;3*1H. The van der Waals surface area contributed by atoms with Crippen molar-refractivity contribution in [3.05, 3.63) is 59.7 Å². The van der Waals surface area contributed by atoms with E-state index in [4.69, 9.17) is 24.1 Å². The second-order valence-corrected chi connectivity index (χ2v) is 25.0. The van der Waals surface area contributed by atoms with Crippen LogP contribution in [-0.4, -0.2) is 173 Å². The highest BCUT2D eigenvalue weighted by Crippen LogP contribution is 2.38. The van der Waals surface area contributed by atoms with Gasteiger partial charge in [-0.2, -0.15) is 26.3 Å². The molecule has 4 saturated heterocycles. The smallest absolute Gasteiger partial charge is 0.419 e. The highest BCUT2D eigenvalue weighted by molar-refractivity contribution is 9.09. The number of hydrogen-bond donors (Lipinski definition) is 6. The molecule has 2 aromatic carbocycles. The first-order valence-electron chi connectivity index (χ1n) is 29.0. The second-order valence-electron chi connectivity index (χ2n) is 24.2. The van der Waals surface area contributed by atoms with Crippen molar-refractivity contribution in [1.29, 1.82) is 0 Å². The zero-order valence-electron chi connectivity index (χ0n) is 54.2. The fourth-order valence-corrected chi connectivity index (χ4v) is 9.32. The third kappa shape index (κ3) is 31.0. The molecular formula is C60H100BrCl3F6N8O11. The number of carbonyl (C=O) groups excluding carboxylic acids is 5. The molecule has 5 amide bonds. The molecule has 0 saturated carbocycles. The van der Waals surface area contributed by atoms with Crippen LogP contribution in [0, 0.1) is 21.7 Å². The van der Waals surface area contributed by atoms with Crippen molar-refractivity contribution in [2.75, 3.05) is 106 Å². The van der Waals surface area contributed by atoms with Gasteiger partial charge >= 0.3 is 30.5 Å². The van der Waals surface area contributed by atoms with Crippen LogP contribution in [0.1, 0.15) is 132 Å². The number of amides is 5. The van der Waals surface area contributed by atoms with E-state index >= 15 is 0 Å². The summed E-state index contributed by atoms with van der Waals surface area (Å²) in [5.41, 5.74) is -0.791. The number of alkyl halides is 7. The molecule has 4 fully saturated rings. The van der Waals surface area contributed by atoms with Crippen molar-refractivity contribution in [2.45, 2.75) is 144 Å². The molecule has 0 aromatic heterocycles. The first kappa shape index (κ1) is 88.5. The van der Waals surface area contributed by atoms with Gasteiger partial charge in [-0.1, -0.05) is 61.0 Å². The predicted octanol–water partition coefficient (Wildman–Crippen LogP) is 7.12. The van der Waals surface area contributed by atoms with Gasteiger partial charge in [0.25, 0.3) is 0 Å². The molecule has 4 heterocycles. The van der Waals surface area contributed by atoms with Gasteiger partial charge < -0.3 is 73.3 Å². The summed E-state index contributed by atoms with van der Waals surface area (Å²) < 4.78 is 96.7. The minimum Gasteiger partial charge on any atom is -1.00 e. The minimum absolute atomic E-state index is 0. The molecule has 516 valence electrons. The third-order valence-electron chi connectivity index (χ3n) is 14.9. The Morgan fingerprint density at radius 3 is 1.16 bits per heavy atom. The predicted molar refractivity (Wildman–Crippen MR) is 335 cm³/mol. The number of rotatable bonds is 11. The summed E-state index contributed by atoms with van der Waals surface area (Å²) in [6.45, 7) is 25.0. The molecule has 4 aliphatic heterocycles. The fraction of sp³-hybridized carbons (Fsp3) is 0.700. The van der Waals surface area contributed by atoms with Crippen LogP contribution in [-0.2, 0) is 41.0 Å². The first-order chi connectivity index (χ1) is 39.8. The Bertz CT molecular complexity index is 2430. The van der Waals surface area contributed by atoms with Crippen LogP contribution >= 0.6 is 40.7 Å². The zero-order valence-corrected chi connectivity index (χ0v) is 58.2. The number of likely N-dealkylation sites (tertiary alicyclic amines) is 3. The summed E-state index contributed by atoms with van der Waals surface area (Å²) >= 11 is 3.08. The van der Waals surface area contributed by atoms with Crippen LogP contribution in [0.2, 0.25) is 0 Å². The molecule has 0 bridgehead atoms. The Morgan fingerprint density at radius 1 is 0.551 bits per heavy atom. The molecule has 0 atom stereocenters. The summed E-state index contributed by atoms with van der Waals surface area (Å²) in [5.74, 6) is -0.791. The van der Waals surface area contributed by atoms with E-state index in [1.165, 1.54) is 36.4 Å². The maximum Gasteiger partial charge on any atom is 0.419 e. The normalized spacial score (nSPS) is 17.3. The van der Waals surface area contributed by atoms with Gasteiger partial charge in [-0.05, 0) is 150 Å². The van der Waals surface area contributed by atoms with Gasteiger partial charge in [0.2, 0.25) is 17.7 Å².